The molecule has 0 aliphatic rings. The van der Waals surface area contributed by atoms with Gasteiger partial charge in [-0.3, -0.25) is 0 Å². The molecule has 0 spiro atoms. The maximum atomic E-state index is 7.42. The Balaban J connectivity index is 2.11. The fraction of sp³-hybridized carbons (Fsp3) is 0.0714. The van der Waals surface area contributed by atoms with Gasteiger partial charge in [-0.15, -0.1) is 0 Å². The topological polar surface area (TPSA) is 52.0 Å². The van der Waals surface area contributed by atoms with E-state index in [1.54, 1.807) is 0 Å². The molecule has 0 saturated carbocycles. The summed E-state index contributed by atoms with van der Waals surface area (Å²) in [6.45, 7) is 0.382. The highest BCUT2D eigenvalue weighted by atomic mass is 14.8. The van der Waals surface area contributed by atoms with E-state index >= 15 is 0 Å². The van der Waals surface area contributed by atoms with E-state index in [-0.39, 0.29) is 0 Å². The zero-order chi connectivity index (χ0) is 20.8. The van der Waals surface area contributed by atoms with Gasteiger partial charge in [0, 0.05) is 6.54 Å². The second kappa shape index (κ2) is 8.91. The normalized spacial score (nSPS) is 12.3. The number of rotatable bonds is 6. The van der Waals surface area contributed by atoms with Gasteiger partial charge in [0.25, 0.3) is 0 Å². The zero-order valence-corrected chi connectivity index (χ0v) is 16.9. The molecule has 0 amide bonds. The van der Waals surface area contributed by atoms with Gasteiger partial charge >= 0.3 is 0 Å². The van der Waals surface area contributed by atoms with Crippen LogP contribution in [0, 0.1) is 0 Å². The van der Waals surface area contributed by atoms with Gasteiger partial charge in [0.15, 0.2) is 0 Å². The Morgan fingerprint density at radius 3 is 1.30 bits per heavy atom. The van der Waals surface area contributed by atoms with E-state index in [1.165, 1.54) is 0 Å². The van der Waals surface area contributed by atoms with Crippen molar-refractivity contribution in [1.29, 1.82) is 0 Å². The number of hydrogen-bond acceptors (Lipinski definition) is 2. The van der Waals surface area contributed by atoms with Crippen LogP contribution in [0.4, 0.5) is 0 Å². The molecule has 4 aromatic carbocycles. The lowest BCUT2D eigenvalue weighted by Crippen LogP contribution is -2.40. The van der Waals surface area contributed by atoms with E-state index < -0.39 is 5.54 Å². The van der Waals surface area contributed by atoms with Gasteiger partial charge in [-0.2, -0.15) is 0 Å². The average molecular weight is 391 g/mol. The molecule has 4 rings (SSSR count). The Bertz CT molecular complexity index is 1060. The first-order chi connectivity index (χ1) is 14.7. The Morgan fingerprint density at radius 1 is 0.533 bits per heavy atom. The van der Waals surface area contributed by atoms with Crippen molar-refractivity contribution in [2.45, 2.75) is 5.54 Å². The van der Waals surface area contributed by atoms with Crippen LogP contribution in [0.25, 0.3) is 11.1 Å². The molecular formula is C28H26N2. The van der Waals surface area contributed by atoms with Crippen molar-refractivity contribution in [2.24, 2.45) is 11.5 Å². The first kappa shape index (κ1) is 19.8. The molecule has 30 heavy (non-hydrogen) atoms. The van der Waals surface area contributed by atoms with Crippen LogP contribution in [0.3, 0.4) is 0 Å². The number of benzene rings is 4. The van der Waals surface area contributed by atoms with Gasteiger partial charge in [0.2, 0.25) is 0 Å². The largest absolute Gasteiger partial charge is 0.326 e. The third kappa shape index (κ3) is 3.71. The zero-order valence-electron chi connectivity index (χ0n) is 16.9. The van der Waals surface area contributed by atoms with Crippen LogP contribution in [-0.2, 0) is 5.54 Å². The summed E-state index contributed by atoms with van der Waals surface area (Å²) in [4.78, 5) is 0. The summed E-state index contributed by atoms with van der Waals surface area (Å²) in [6.07, 6.45) is 0. The van der Waals surface area contributed by atoms with Gasteiger partial charge in [-0.05, 0) is 33.4 Å². The lowest BCUT2D eigenvalue weighted by Gasteiger charge is -2.36. The highest BCUT2D eigenvalue weighted by Crippen LogP contribution is 2.43. The van der Waals surface area contributed by atoms with Gasteiger partial charge < -0.3 is 11.5 Å². The Labute approximate surface area is 178 Å². The summed E-state index contributed by atoms with van der Waals surface area (Å²) in [6, 6.07) is 41.2. The fourth-order valence-corrected chi connectivity index (χ4v) is 4.11. The second-order valence-corrected chi connectivity index (χ2v) is 7.33. The molecule has 0 bridgehead atoms. The van der Waals surface area contributed by atoms with Gasteiger partial charge in [-0.25, -0.2) is 0 Å². The van der Waals surface area contributed by atoms with Crippen molar-refractivity contribution in [3.8, 4) is 0 Å². The van der Waals surface area contributed by atoms with Crippen molar-refractivity contribution in [3.63, 3.8) is 0 Å². The first-order valence-electron chi connectivity index (χ1n) is 10.2. The third-order valence-corrected chi connectivity index (χ3v) is 5.54. The van der Waals surface area contributed by atoms with Crippen molar-refractivity contribution >= 4 is 11.1 Å². The van der Waals surface area contributed by atoms with E-state index in [2.05, 4.69) is 48.5 Å². The predicted molar refractivity (Wildman–Crippen MR) is 127 cm³/mol. The minimum absolute atomic E-state index is 0.382. The highest BCUT2D eigenvalue weighted by molar-refractivity contribution is 5.97. The molecule has 0 fully saturated rings. The van der Waals surface area contributed by atoms with Crippen LogP contribution in [0.2, 0.25) is 0 Å². The molecule has 4 N–H and O–H groups in total. The van der Waals surface area contributed by atoms with Gasteiger partial charge in [0.05, 0.1) is 5.54 Å². The average Bonchev–Trinajstić information content (AvgIpc) is 2.84. The Hall–Kier alpha value is -3.46. The van der Waals surface area contributed by atoms with Crippen molar-refractivity contribution < 1.29 is 0 Å². The van der Waals surface area contributed by atoms with Gasteiger partial charge in [0.1, 0.15) is 0 Å². The molecule has 0 atom stereocenters. The standard InChI is InChI=1S/C28H26N2/c29-21-26(22-13-5-1-6-14-22)27(23-15-7-2-8-16-23)28(30,24-17-9-3-10-18-24)25-19-11-4-12-20-25/h1-20H,21,29-30H2/b27-26+. The summed E-state index contributed by atoms with van der Waals surface area (Å²) in [5.41, 5.74) is 19.2. The van der Waals surface area contributed by atoms with Gasteiger partial charge in [-0.1, -0.05) is 121 Å². The van der Waals surface area contributed by atoms with E-state index in [4.69, 9.17) is 11.5 Å². The molecule has 0 saturated heterocycles. The van der Waals surface area contributed by atoms with E-state index in [1.807, 2.05) is 72.8 Å². The predicted octanol–water partition coefficient (Wildman–Crippen LogP) is 5.46. The minimum atomic E-state index is -0.867. The molecule has 0 radical (unpaired) electrons. The molecule has 0 aliphatic carbocycles. The monoisotopic (exact) mass is 390 g/mol. The first-order valence-corrected chi connectivity index (χ1v) is 10.2. The number of hydrogen-bond donors (Lipinski definition) is 2. The smallest absolute Gasteiger partial charge is 0.0932 e. The molecule has 0 aromatic heterocycles. The van der Waals surface area contributed by atoms with Crippen LogP contribution in [0.5, 0.6) is 0 Å². The van der Waals surface area contributed by atoms with Crippen molar-refractivity contribution in [2.75, 3.05) is 6.54 Å². The van der Waals surface area contributed by atoms with E-state index in [0.717, 1.165) is 33.4 Å². The van der Waals surface area contributed by atoms with Crippen molar-refractivity contribution in [1.82, 2.24) is 0 Å². The Kier molecular flexibility index (Phi) is 5.89. The van der Waals surface area contributed by atoms with Crippen molar-refractivity contribution in [3.05, 3.63) is 144 Å². The third-order valence-electron chi connectivity index (χ3n) is 5.54. The summed E-state index contributed by atoms with van der Waals surface area (Å²) in [7, 11) is 0. The maximum Gasteiger partial charge on any atom is 0.0932 e. The molecule has 2 heteroatoms. The number of nitrogens with two attached hydrogens (primary N) is 2. The quantitative estimate of drug-likeness (QED) is 0.430. The van der Waals surface area contributed by atoms with Crippen LogP contribution < -0.4 is 11.5 Å². The molecule has 0 aliphatic heterocycles. The second-order valence-electron chi connectivity index (χ2n) is 7.33. The summed E-state index contributed by atoms with van der Waals surface area (Å²) in [5.74, 6) is 0. The van der Waals surface area contributed by atoms with Crippen LogP contribution in [0.1, 0.15) is 22.3 Å². The molecule has 148 valence electrons. The van der Waals surface area contributed by atoms with Crippen LogP contribution in [-0.4, -0.2) is 6.54 Å². The lowest BCUT2D eigenvalue weighted by atomic mass is 9.72. The molecule has 2 nitrogen and oxygen atoms in total. The molecule has 0 unspecified atom stereocenters. The van der Waals surface area contributed by atoms with Crippen LogP contribution in [0.15, 0.2) is 121 Å². The lowest BCUT2D eigenvalue weighted by molar-refractivity contribution is 0.703. The fourth-order valence-electron chi connectivity index (χ4n) is 4.11. The molecule has 4 aromatic rings. The highest BCUT2D eigenvalue weighted by Gasteiger charge is 2.36. The van der Waals surface area contributed by atoms with E-state index in [0.29, 0.717) is 6.54 Å². The summed E-state index contributed by atoms with van der Waals surface area (Å²) in [5, 5.41) is 0. The van der Waals surface area contributed by atoms with E-state index in [9.17, 15) is 0 Å². The maximum absolute atomic E-state index is 7.42. The Morgan fingerprint density at radius 2 is 0.900 bits per heavy atom. The summed E-state index contributed by atoms with van der Waals surface area (Å²) < 4.78 is 0. The SMILES string of the molecule is NC/C(=C(/c1ccccc1)C(N)(c1ccccc1)c1ccccc1)c1ccccc1. The van der Waals surface area contributed by atoms with Crippen LogP contribution >= 0.6 is 0 Å². The summed E-state index contributed by atoms with van der Waals surface area (Å²) >= 11 is 0. The molecule has 0 heterocycles. The molecular weight excluding hydrogens is 364 g/mol. The minimum Gasteiger partial charge on any atom is -0.326 e.